The van der Waals surface area contributed by atoms with Crippen LogP contribution in [0, 0.1) is 0 Å². The topological polar surface area (TPSA) is 0 Å². The van der Waals surface area contributed by atoms with Gasteiger partial charge in [0.25, 0.3) is 0 Å². The summed E-state index contributed by atoms with van der Waals surface area (Å²) in [6, 6.07) is 0. The molecule has 0 N–H and O–H groups in total. The Morgan fingerprint density at radius 3 is 2.33 bits per heavy atom. The average Bonchev–Trinajstić information content (AvgIpc) is 1.35. The molecule has 0 radical (unpaired) electrons. The Morgan fingerprint density at radius 2 is 2.33 bits per heavy atom. The van der Waals surface area contributed by atoms with Gasteiger partial charge in [-0.3, -0.25) is 0 Å². The summed E-state index contributed by atoms with van der Waals surface area (Å²) in [5.41, 5.74) is 0. The first kappa shape index (κ1) is 6.57. The maximum atomic E-state index is 3.27. The van der Waals surface area contributed by atoms with Crippen LogP contribution in [-0.2, 0) is 0 Å². The van der Waals surface area contributed by atoms with E-state index in [0.29, 0.717) is 0 Å². The molecule has 0 amide bonds. The van der Waals surface area contributed by atoms with Gasteiger partial charge in [0.1, 0.15) is 0 Å². The lowest BCUT2D eigenvalue weighted by molar-refractivity contribution is 1.74. The minimum absolute atomic E-state index is 1.19. The molecule has 6 heavy (non-hydrogen) atoms. The summed E-state index contributed by atoms with van der Waals surface area (Å²) in [4.78, 5) is 0. The summed E-state index contributed by atoms with van der Waals surface area (Å²) in [6.07, 6.45) is 2.03. The van der Waals surface area contributed by atoms with Gasteiger partial charge in [-0.2, -0.15) is 0 Å². The number of thioether (sulfide) groups is 1. The second-order valence-corrected chi connectivity index (χ2v) is 2.90. The minimum Gasteiger partial charge on any atom is -0.137 e. The molecule has 0 heterocycles. The van der Waals surface area contributed by atoms with Crippen LogP contribution in [0.4, 0.5) is 0 Å². The van der Waals surface area contributed by atoms with E-state index in [1.54, 1.807) is 11.8 Å². The van der Waals surface area contributed by atoms with Gasteiger partial charge in [0.15, 0.2) is 0 Å². The summed E-state index contributed by atoms with van der Waals surface area (Å²) in [5.74, 6) is 0. The molecule has 0 aliphatic rings. The predicted molar refractivity (Wildman–Crippen MR) is 36.2 cm³/mol. The fourth-order valence-electron chi connectivity index (χ4n) is 0.162. The Hall–Kier alpha value is 0.570. The first-order valence-electron chi connectivity index (χ1n) is 1.62. The maximum Gasteiger partial charge on any atom is -0.00176 e. The lowest BCUT2D eigenvalue weighted by atomic mass is 10.8. The van der Waals surface area contributed by atoms with Crippen molar-refractivity contribution in [2.45, 2.75) is 6.92 Å². The molecule has 0 saturated heterocycles. The molecule has 0 fully saturated rings. The average molecular weight is 167 g/mol. The number of hydrogen-bond acceptors (Lipinski definition) is 1. The third-order valence-electron chi connectivity index (χ3n) is 0.280. The molecule has 0 saturated carbocycles. The van der Waals surface area contributed by atoms with Gasteiger partial charge >= 0.3 is 0 Å². The van der Waals surface area contributed by atoms with Gasteiger partial charge in [0, 0.05) is 0 Å². The second-order valence-electron chi connectivity index (χ2n) is 0.940. The first-order chi connectivity index (χ1) is 2.77. The maximum absolute atomic E-state index is 3.27. The van der Waals surface area contributed by atoms with Crippen molar-refractivity contribution in [3.8, 4) is 0 Å². The summed E-state index contributed by atoms with van der Waals surface area (Å²) in [7, 11) is 0. The van der Waals surface area contributed by atoms with Gasteiger partial charge < -0.3 is 0 Å². The SMILES string of the molecule is CS/C=C(\C)Br. The smallest absolute Gasteiger partial charge is 0.00176 e. The van der Waals surface area contributed by atoms with Crippen LogP contribution in [0.5, 0.6) is 0 Å². The zero-order chi connectivity index (χ0) is 4.99. The molecule has 0 aliphatic heterocycles. The molecule has 0 spiro atoms. The van der Waals surface area contributed by atoms with Crippen molar-refractivity contribution in [3.05, 3.63) is 9.89 Å². The van der Waals surface area contributed by atoms with Gasteiger partial charge in [0.05, 0.1) is 0 Å². The zero-order valence-electron chi connectivity index (χ0n) is 3.86. The van der Waals surface area contributed by atoms with E-state index in [1.165, 1.54) is 4.48 Å². The highest BCUT2D eigenvalue weighted by Crippen LogP contribution is 2.07. The molecule has 0 unspecified atom stereocenters. The van der Waals surface area contributed by atoms with Crippen molar-refractivity contribution in [2.75, 3.05) is 6.26 Å². The Kier molecular flexibility index (Phi) is 4.11. The molecule has 2 heteroatoms. The molecule has 0 aromatic carbocycles. The number of hydrogen-bond donors (Lipinski definition) is 0. The van der Waals surface area contributed by atoms with E-state index < -0.39 is 0 Å². The molecular formula is C4H7BrS. The van der Waals surface area contributed by atoms with Crippen molar-refractivity contribution in [1.82, 2.24) is 0 Å². The first-order valence-corrected chi connectivity index (χ1v) is 3.70. The molecule has 36 valence electrons. The van der Waals surface area contributed by atoms with Crippen molar-refractivity contribution in [2.24, 2.45) is 0 Å². The standard InChI is InChI=1S/C4H7BrS/c1-4(5)3-6-2/h3H,1-2H3/b4-3+. The van der Waals surface area contributed by atoms with E-state index in [9.17, 15) is 0 Å². The van der Waals surface area contributed by atoms with Crippen LogP contribution in [0.1, 0.15) is 6.92 Å². The van der Waals surface area contributed by atoms with Crippen LogP contribution in [0.25, 0.3) is 0 Å². The Morgan fingerprint density at radius 1 is 1.83 bits per heavy atom. The quantitative estimate of drug-likeness (QED) is 0.578. The summed E-state index contributed by atoms with van der Waals surface area (Å²) >= 11 is 4.98. The second kappa shape index (κ2) is 3.75. The van der Waals surface area contributed by atoms with E-state index in [1.807, 2.05) is 18.6 Å². The Balaban J connectivity index is 3.14. The molecular weight excluding hydrogens is 160 g/mol. The fourth-order valence-corrected chi connectivity index (χ4v) is 1.05. The molecule has 0 bridgehead atoms. The van der Waals surface area contributed by atoms with Crippen molar-refractivity contribution in [3.63, 3.8) is 0 Å². The highest BCUT2D eigenvalue weighted by Gasteiger charge is 1.70. The summed E-state index contributed by atoms with van der Waals surface area (Å²) in [5, 5.41) is 2.04. The van der Waals surface area contributed by atoms with Crippen LogP contribution in [0.15, 0.2) is 9.89 Å². The van der Waals surface area contributed by atoms with Crippen molar-refractivity contribution < 1.29 is 0 Å². The van der Waals surface area contributed by atoms with E-state index in [2.05, 4.69) is 15.9 Å². The normalized spacial score (nSPS) is 12.2. The molecule has 0 rings (SSSR count). The molecule has 0 nitrogen and oxygen atoms in total. The van der Waals surface area contributed by atoms with E-state index >= 15 is 0 Å². The van der Waals surface area contributed by atoms with Gasteiger partial charge in [-0.15, -0.1) is 11.8 Å². The largest absolute Gasteiger partial charge is 0.137 e. The highest BCUT2D eigenvalue weighted by atomic mass is 79.9. The predicted octanol–water partition coefficient (Wildman–Crippen LogP) is 2.61. The van der Waals surface area contributed by atoms with Gasteiger partial charge in [-0.25, -0.2) is 0 Å². The van der Waals surface area contributed by atoms with E-state index in [0.717, 1.165) is 0 Å². The van der Waals surface area contributed by atoms with Gasteiger partial charge in [-0.05, 0) is 23.1 Å². The van der Waals surface area contributed by atoms with Crippen molar-refractivity contribution >= 4 is 27.7 Å². The number of allylic oxidation sites excluding steroid dienone is 1. The van der Waals surface area contributed by atoms with E-state index in [4.69, 9.17) is 0 Å². The van der Waals surface area contributed by atoms with Gasteiger partial charge in [0.2, 0.25) is 0 Å². The van der Waals surface area contributed by atoms with Crippen LogP contribution in [0.3, 0.4) is 0 Å². The third kappa shape index (κ3) is 4.57. The number of rotatable bonds is 1. The number of halogens is 1. The highest BCUT2D eigenvalue weighted by molar-refractivity contribution is 9.11. The minimum atomic E-state index is 1.19. The molecule has 0 aromatic heterocycles. The lowest BCUT2D eigenvalue weighted by Gasteiger charge is -1.77. The molecule has 0 aromatic rings. The van der Waals surface area contributed by atoms with E-state index in [-0.39, 0.29) is 0 Å². The molecule has 0 atom stereocenters. The monoisotopic (exact) mass is 166 g/mol. The van der Waals surface area contributed by atoms with Gasteiger partial charge in [-0.1, -0.05) is 15.9 Å². The fraction of sp³-hybridized carbons (Fsp3) is 0.500. The molecule has 0 aliphatic carbocycles. The zero-order valence-corrected chi connectivity index (χ0v) is 6.27. The van der Waals surface area contributed by atoms with Crippen molar-refractivity contribution in [1.29, 1.82) is 0 Å². The van der Waals surface area contributed by atoms with Crippen LogP contribution >= 0.6 is 27.7 Å². The summed E-state index contributed by atoms with van der Waals surface area (Å²) in [6.45, 7) is 2.01. The van der Waals surface area contributed by atoms with Crippen LogP contribution < -0.4 is 0 Å². The Labute approximate surface area is 51.1 Å². The van der Waals surface area contributed by atoms with Crippen LogP contribution in [0.2, 0.25) is 0 Å². The third-order valence-corrected chi connectivity index (χ3v) is 1.40. The van der Waals surface area contributed by atoms with Crippen LogP contribution in [-0.4, -0.2) is 6.26 Å². The Bertz CT molecular complexity index is 54.6. The lowest BCUT2D eigenvalue weighted by Crippen LogP contribution is -1.47. The summed E-state index contributed by atoms with van der Waals surface area (Å²) < 4.78 is 1.19.